The van der Waals surface area contributed by atoms with Crippen LogP contribution >= 0.6 is 16.8 Å². The topological polar surface area (TPSA) is 36.9 Å². The fraction of sp³-hybridized carbons (Fsp3) is 0.0435. The highest BCUT2D eigenvalue weighted by atomic mass is 31.2. The van der Waals surface area contributed by atoms with Crippen LogP contribution in [0.25, 0.3) is 32.7 Å². The second kappa shape index (κ2) is 15.3. The Morgan fingerprint density at radius 2 is 0.654 bits per heavy atom. The average Bonchev–Trinajstić information content (AvgIpc) is 3.19. The molecule has 0 saturated heterocycles. The maximum atomic E-state index is 7.12. The molecule has 0 spiro atoms. The molecule has 0 N–H and O–H groups in total. The largest absolute Gasteiger partial charge is 0.435 e. The summed E-state index contributed by atoms with van der Waals surface area (Å²) in [5.74, 6) is 2.98. The van der Waals surface area contributed by atoms with Gasteiger partial charge >= 0.3 is 16.8 Å². The fourth-order valence-corrected chi connectivity index (χ4v) is 8.95. The molecule has 2 atom stereocenters. The molecule has 0 radical (unpaired) electrons. The van der Waals surface area contributed by atoms with Crippen LogP contribution in [0.4, 0.5) is 0 Å². The summed E-state index contributed by atoms with van der Waals surface area (Å²) in [5.41, 5.74) is 3.95. The van der Waals surface area contributed by atoms with Crippen molar-refractivity contribution in [2.24, 2.45) is 0 Å². The quantitative estimate of drug-likeness (QED) is 0.125. The van der Waals surface area contributed by atoms with Crippen molar-refractivity contribution in [3.05, 3.63) is 193 Å². The van der Waals surface area contributed by atoms with Gasteiger partial charge in [0.25, 0.3) is 0 Å². The van der Waals surface area contributed by atoms with Crippen LogP contribution in [0.2, 0.25) is 0 Å². The van der Waals surface area contributed by atoms with E-state index in [0.717, 1.165) is 65.9 Å². The van der Waals surface area contributed by atoms with E-state index in [1.807, 2.05) is 72.8 Å². The van der Waals surface area contributed by atoms with Gasteiger partial charge in [-0.05, 0) is 95.1 Å². The molecule has 0 aliphatic heterocycles. The third-order valence-electron chi connectivity index (χ3n) is 8.88. The minimum absolute atomic E-state index is 0.701. The van der Waals surface area contributed by atoms with Crippen LogP contribution in [0.5, 0.6) is 23.0 Å². The van der Waals surface area contributed by atoms with Crippen molar-refractivity contribution >= 4 is 48.9 Å². The maximum absolute atomic E-state index is 7.12. The summed E-state index contributed by atoms with van der Waals surface area (Å²) < 4.78 is 27.7. The first-order valence-electron chi connectivity index (χ1n) is 17.2. The highest BCUT2D eigenvalue weighted by Gasteiger charge is 2.27. The van der Waals surface area contributed by atoms with Gasteiger partial charge in [0.2, 0.25) is 0 Å². The molecule has 0 aromatic heterocycles. The second-order valence-electron chi connectivity index (χ2n) is 12.4. The Morgan fingerprint density at radius 3 is 1.08 bits per heavy atom. The first-order chi connectivity index (χ1) is 25.6. The van der Waals surface area contributed by atoms with E-state index in [-0.39, 0.29) is 0 Å². The third kappa shape index (κ3) is 7.10. The fourth-order valence-electron chi connectivity index (χ4n) is 6.19. The number of benzene rings is 8. The lowest BCUT2D eigenvalue weighted by Crippen LogP contribution is -2.11. The molecule has 0 heterocycles. The van der Waals surface area contributed by atoms with Crippen LogP contribution in [0.3, 0.4) is 0 Å². The van der Waals surface area contributed by atoms with Crippen LogP contribution in [-0.4, -0.2) is 0 Å². The minimum atomic E-state index is -1.59. The normalized spacial score (nSPS) is 12.3. The van der Waals surface area contributed by atoms with E-state index in [1.165, 1.54) is 0 Å². The summed E-state index contributed by atoms with van der Waals surface area (Å²) in [7, 11) is -3.18. The summed E-state index contributed by atoms with van der Waals surface area (Å²) in [6, 6.07) is 61.7. The van der Waals surface area contributed by atoms with E-state index in [0.29, 0.717) is 11.5 Å². The van der Waals surface area contributed by atoms with Gasteiger partial charge in [-0.1, -0.05) is 133 Å². The molecule has 0 bridgehead atoms. The van der Waals surface area contributed by atoms with Crippen molar-refractivity contribution < 1.29 is 18.1 Å². The Labute approximate surface area is 307 Å². The first kappa shape index (κ1) is 33.5. The molecule has 8 aromatic rings. The van der Waals surface area contributed by atoms with Gasteiger partial charge in [0.1, 0.15) is 23.0 Å². The minimum Gasteiger partial charge on any atom is -0.435 e. The van der Waals surface area contributed by atoms with Crippen molar-refractivity contribution in [1.82, 2.24) is 0 Å². The van der Waals surface area contributed by atoms with Crippen LogP contribution in [-0.2, 0) is 0 Å². The third-order valence-corrected chi connectivity index (χ3v) is 11.8. The maximum Gasteiger partial charge on any atom is 0.326 e. The number of rotatable bonds is 11. The van der Waals surface area contributed by atoms with Crippen molar-refractivity contribution in [1.29, 1.82) is 0 Å². The zero-order valence-electron chi connectivity index (χ0n) is 28.8. The zero-order chi connectivity index (χ0) is 35.3. The number of aryl methyl sites for hydroxylation is 2. The van der Waals surface area contributed by atoms with E-state index < -0.39 is 16.8 Å². The van der Waals surface area contributed by atoms with Crippen molar-refractivity contribution in [2.45, 2.75) is 13.8 Å². The van der Waals surface area contributed by atoms with Crippen molar-refractivity contribution in [3.63, 3.8) is 0 Å². The molecular weight excluding hydrogens is 678 g/mol. The van der Waals surface area contributed by atoms with Gasteiger partial charge in [0.05, 0.1) is 10.6 Å². The highest BCUT2D eigenvalue weighted by molar-refractivity contribution is 7.57. The molecule has 254 valence electrons. The standard InChI is InChI=1S/C46H36O4P2/c1-33-17-9-15-27-41(33)47-51(37-21-5-3-6-22-37)49-43-31-29-35-19-11-13-25-39(35)45(43)46-40-26-14-12-20-36(40)30-32-44(46)50-52(38-23-7-4-8-24-38)48-42-28-16-10-18-34(42)2/h3-32H,1-2H3. The van der Waals surface area contributed by atoms with E-state index in [4.69, 9.17) is 18.1 Å². The molecule has 0 aliphatic rings. The zero-order valence-corrected chi connectivity index (χ0v) is 30.6. The summed E-state index contributed by atoms with van der Waals surface area (Å²) in [6.07, 6.45) is 0. The lowest BCUT2D eigenvalue weighted by molar-refractivity contribution is 0.497. The summed E-state index contributed by atoms with van der Waals surface area (Å²) in [5, 5.41) is 6.21. The molecule has 0 saturated carbocycles. The van der Waals surface area contributed by atoms with Crippen LogP contribution in [0.15, 0.2) is 182 Å². The van der Waals surface area contributed by atoms with Crippen molar-refractivity contribution in [2.75, 3.05) is 0 Å². The van der Waals surface area contributed by atoms with E-state index in [1.54, 1.807) is 0 Å². The molecule has 0 amide bonds. The molecule has 4 nitrogen and oxygen atoms in total. The molecule has 8 aromatic carbocycles. The van der Waals surface area contributed by atoms with E-state index in [2.05, 4.69) is 123 Å². The number of hydrogen-bond donors (Lipinski definition) is 0. The molecule has 0 fully saturated rings. The van der Waals surface area contributed by atoms with Gasteiger partial charge < -0.3 is 18.1 Å². The Bertz CT molecular complexity index is 2290. The summed E-state index contributed by atoms with van der Waals surface area (Å²) in [4.78, 5) is 0. The lowest BCUT2D eigenvalue weighted by Gasteiger charge is -2.25. The smallest absolute Gasteiger partial charge is 0.326 e. The Hall–Kier alpha value is -5.66. The Balaban J connectivity index is 1.32. The molecule has 52 heavy (non-hydrogen) atoms. The van der Waals surface area contributed by atoms with E-state index >= 15 is 0 Å². The predicted molar refractivity (Wildman–Crippen MR) is 218 cm³/mol. The molecule has 6 heteroatoms. The van der Waals surface area contributed by atoms with Gasteiger partial charge in [-0.15, -0.1) is 0 Å². The van der Waals surface area contributed by atoms with Crippen LogP contribution in [0.1, 0.15) is 11.1 Å². The van der Waals surface area contributed by atoms with Gasteiger partial charge in [-0.3, -0.25) is 0 Å². The van der Waals surface area contributed by atoms with Gasteiger partial charge in [0, 0.05) is 11.1 Å². The number of para-hydroxylation sites is 2. The van der Waals surface area contributed by atoms with Crippen molar-refractivity contribution in [3.8, 4) is 34.1 Å². The second-order valence-corrected chi connectivity index (χ2v) is 15.2. The molecule has 2 unspecified atom stereocenters. The summed E-state index contributed by atoms with van der Waals surface area (Å²) >= 11 is 0. The van der Waals surface area contributed by atoms with E-state index in [9.17, 15) is 0 Å². The first-order valence-corrected chi connectivity index (χ1v) is 19.6. The average molecular weight is 715 g/mol. The summed E-state index contributed by atoms with van der Waals surface area (Å²) in [6.45, 7) is 4.11. The van der Waals surface area contributed by atoms with Gasteiger partial charge in [-0.2, -0.15) is 0 Å². The highest BCUT2D eigenvalue weighted by Crippen LogP contribution is 2.52. The number of hydrogen-bond acceptors (Lipinski definition) is 4. The lowest BCUT2D eigenvalue weighted by atomic mass is 9.92. The molecule has 0 aliphatic carbocycles. The SMILES string of the molecule is Cc1ccccc1OP(Oc1ccc2ccccc2c1-c1c(OP(Oc2ccccc2C)c2ccccc2)ccc2ccccc12)c1ccccc1. The van der Waals surface area contributed by atoms with Crippen LogP contribution in [0, 0.1) is 13.8 Å². The Morgan fingerprint density at radius 1 is 0.308 bits per heavy atom. The Kier molecular flexibility index (Phi) is 9.85. The molecular formula is C46H36O4P2. The van der Waals surface area contributed by atoms with Gasteiger partial charge in [0.15, 0.2) is 0 Å². The van der Waals surface area contributed by atoms with Crippen LogP contribution < -0.4 is 28.7 Å². The monoisotopic (exact) mass is 714 g/mol. The van der Waals surface area contributed by atoms with Gasteiger partial charge in [-0.25, -0.2) is 0 Å². The molecule has 8 rings (SSSR count). The number of fused-ring (bicyclic) bond motifs is 2. The predicted octanol–water partition coefficient (Wildman–Crippen LogP) is 12.5.